The molecule has 1 saturated carbocycles. The van der Waals surface area contributed by atoms with Crippen LogP contribution in [-0.4, -0.2) is 23.2 Å². The van der Waals surface area contributed by atoms with E-state index in [4.69, 9.17) is 4.74 Å². The van der Waals surface area contributed by atoms with Crippen LogP contribution in [0.3, 0.4) is 0 Å². The van der Waals surface area contributed by atoms with Gasteiger partial charge in [0.1, 0.15) is 5.75 Å². The molecule has 4 rings (SSSR count). The summed E-state index contributed by atoms with van der Waals surface area (Å²) < 4.78 is 5.12. The summed E-state index contributed by atoms with van der Waals surface area (Å²) in [6.45, 7) is 0.508. The topological polar surface area (TPSA) is 67.0 Å². The Kier molecular flexibility index (Phi) is 3.69. The smallest absolute Gasteiger partial charge is 0.251 e. The Balaban J connectivity index is 1.56. The van der Waals surface area contributed by atoms with Gasteiger partial charge in [-0.1, -0.05) is 6.07 Å². The highest BCUT2D eigenvalue weighted by atomic mass is 16.5. The maximum absolute atomic E-state index is 12.4. The summed E-state index contributed by atoms with van der Waals surface area (Å²) in [5.41, 5.74) is 4.14. The van der Waals surface area contributed by atoms with Gasteiger partial charge in [-0.05, 0) is 60.2 Å². The standard InChI is InChI=1S/C19H19N3O2/c1-24-14-6-4-13(5-7-14)19(23)20-10-16-15(12-2-3-12)8-9-18-17(16)11-21-22-18/h4-9,11-12H,2-3,10H2,1H3,(H,20,23)(H,21,22). The number of aromatic nitrogens is 2. The van der Waals surface area contributed by atoms with Crippen molar-refractivity contribution < 1.29 is 9.53 Å². The van der Waals surface area contributed by atoms with Crippen molar-refractivity contribution in [2.75, 3.05) is 7.11 Å². The maximum Gasteiger partial charge on any atom is 0.251 e. The minimum absolute atomic E-state index is 0.0834. The second-order valence-electron chi connectivity index (χ2n) is 6.15. The SMILES string of the molecule is COc1ccc(C(=O)NCc2c(C3CC3)ccc3[nH]ncc23)cc1. The zero-order valence-corrected chi connectivity index (χ0v) is 13.5. The third-order valence-corrected chi connectivity index (χ3v) is 4.57. The molecule has 0 atom stereocenters. The largest absolute Gasteiger partial charge is 0.497 e. The van der Waals surface area contributed by atoms with E-state index in [1.54, 1.807) is 31.4 Å². The van der Waals surface area contributed by atoms with Gasteiger partial charge in [-0.2, -0.15) is 5.10 Å². The highest BCUT2D eigenvalue weighted by molar-refractivity contribution is 5.94. The van der Waals surface area contributed by atoms with Crippen molar-refractivity contribution in [3.05, 3.63) is 59.3 Å². The number of carbonyl (C=O) groups excluding carboxylic acids is 1. The molecule has 24 heavy (non-hydrogen) atoms. The molecule has 0 spiro atoms. The van der Waals surface area contributed by atoms with E-state index in [2.05, 4.69) is 27.6 Å². The molecule has 1 heterocycles. The maximum atomic E-state index is 12.4. The lowest BCUT2D eigenvalue weighted by molar-refractivity contribution is 0.0951. The Morgan fingerprint density at radius 2 is 2.04 bits per heavy atom. The van der Waals surface area contributed by atoms with Gasteiger partial charge < -0.3 is 10.1 Å². The van der Waals surface area contributed by atoms with Crippen molar-refractivity contribution >= 4 is 16.8 Å². The number of rotatable bonds is 5. The number of benzene rings is 2. The first kappa shape index (κ1) is 14.8. The third-order valence-electron chi connectivity index (χ3n) is 4.57. The Hall–Kier alpha value is -2.82. The highest BCUT2D eigenvalue weighted by Crippen LogP contribution is 2.43. The van der Waals surface area contributed by atoms with Gasteiger partial charge >= 0.3 is 0 Å². The van der Waals surface area contributed by atoms with Gasteiger partial charge in [-0.3, -0.25) is 9.89 Å². The van der Waals surface area contributed by atoms with E-state index >= 15 is 0 Å². The van der Waals surface area contributed by atoms with Crippen LogP contribution in [0.25, 0.3) is 10.9 Å². The Morgan fingerprint density at radius 3 is 2.75 bits per heavy atom. The number of hydrogen-bond donors (Lipinski definition) is 2. The molecule has 1 amide bonds. The second kappa shape index (κ2) is 6.00. The van der Waals surface area contributed by atoms with Gasteiger partial charge in [-0.25, -0.2) is 0 Å². The number of nitrogens with zero attached hydrogens (tertiary/aromatic N) is 1. The van der Waals surface area contributed by atoms with Gasteiger partial charge in [0.25, 0.3) is 5.91 Å². The molecule has 5 nitrogen and oxygen atoms in total. The van der Waals surface area contributed by atoms with Crippen LogP contribution in [0.4, 0.5) is 0 Å². The molecule has 0 radical (unpaired) electrons. The van der Waals surface area contributed by atoms with Gasteiger partial charge in [-0.15, -0.1) is 0 Å². The van der Waals surface area contributed by atoms with Crippen molar-refractivity contribution in [2.24, 2.45) is 0 Å². The predicted octanol–water partition coefficient (Wildman–Crippen LogP) is 3.38. The monoisotopic (exact) mass is 321 g/mol. The Morgan fingerprint density at radius 1 is 1.25 bits per heavy atom. The molecule has 0 aliphatic heterocycles. The Labute approximate surface area is 140 Å². The van der Waals surface area contributed by atoms with E-state index in [0.29, 0.717) is 18.0 Å². The molecule has 5 heteroatoms. The predicted molar refractivity (Wildman–Crippen MR) is 92.2 cm³/mol. The molecule has 2 aromatic carbocycles. The van der Waals surface area contributed by atoms with E-state index in [0.717, 1.165) is 16.7 Å². The van der Waals surface area contributed by atoms with Crippen molar-refractivity contribution in [1.29, 1.82) is 0 Å². The number of H-pyrrole nitrogens is 1. The van der Waals surface area contributed by atoms with Crippen molar-refractivity contribution in [1.82, 2.24) is 15.5 Å². The normalized spacial score (nSPS) is 13.9. The number of aromatic amines is 1. The lowest BCUT2D eigenvalue weighted by atomic mass is 9.99. The van der Waals surface area contributed by atoms with E-state index in [1.807, 2.05) is 6.20 Å². The first-order valence-electron chi connectivity index (χ1n) is 8.13. The van der Waals surface area contributed by atoms with Crippen molar-refractivity contribution in [2.45, 2.75) is 25.3 Å². The number of methoxy groups -OCH3 is 1. The van der Waals surface area contributed by atoms with Crippen LogP contribution in [0.15, 0.2) is 42.6 Å². The van der Waals surface area contributed by atoms with Gasteiger partial charge in [0.2, 0.25) is 0 Å². The summed E-state index contributed by atoms with van der Waals surface area (Å²) in [7, 11) is 1.61. The molecule has 1 fully saturated rings. The summed E-state index contributed by atoms with van der Waals surface area (Å²) >= 11 is 0. The molecule has 0 saturated heterocycles. The van der Waals surface area contributed by atoms with Gasteiger partial charge in [0.15, 0.2) is 0 Å². The summed E-state index contributed by atoms with van der Waals surface area (Å²) in [5.74, 6) is 1.28. The molecule has 3 aromatic rings. The molecule has 0 bridgehead atoms. The first-order chi connectivity index (χ1) is 11.8. The highest BCUT2D eigenvalue weighted by Gasteiger charge is 2.27. The van der Waals surface area contributed by atoms with E-state index in [1.165, 1.54) is 24.0 Å². The molecule has 1 aliphatic rings. The van der Waals surface area contributed by atoms with E-state index in [-0.39, 0.29) is 5.91 Å². The van der Waals surface area contributed by atoms with E-state index < -0.39 is 0 Å². The van der Waals surface area contributed by atoms with Crippen LogP contribution in [0.1, 0.15) is 40.2 Å². The van der Waals surface area contributed by atoms with Crippen LogP contribution in [0.5, 0.6) is 5.75 Å². The fourth-order valence-corrected chi connectivity index (χ4v) is 3.08. The van der Waals surface area contributed by atoms with E-state index in [9.17, 15) is 4.79 Å². The molecular formula is C19H19N3O2. The number of amides is 1. The fraction of sp³-hybridized carbons (Fsp3) is 0.263. The molecule has 1 aromatic heterocycles. The minimum atomic E-state index is -0.0834. The minimum Gasteiger partial charge on any atom is -0.497 e. The van der Waals surface area contributed by atoms with Crippen LogP contribution >= 0.6 is 0 Å². The average molecular weight is 321 g/mol. The molecule has 0 unspecified atom stereocenters. The van der Waals surface area contributed by atoms with Crippen molar-refractivity contribution in [3.63, 3.8) is 0 Å². The quantitative estimate of drug-likeness (QED) is 0.757. The first-order valence-corrected chi connectivity index (χ1v) is 8.13. The average Bonchev–Trinajstić information content (AvgIpc) is 3.36. The second-order valence-corrected chi connectivity index (χ2v) is 6.15. The van der Waals surface area contributed by atoms with Crippen LogP contribution < -0.4 is 10.1 Å². The summed E-state index contributed by atoms with van der Waals surface area (Å²) in [6, 6.07) is 11.4. The molecule has 1 aliphatic carbocycles. The fourth-order valence-electron chi connectivity index (χ4n) is 3.08. The molecular weight excluding hydrogens is 302 g/mol. The molecule has 122 valence electrons. The number of hydrogen-bond acceptors (Lipinski definition) is 3. The third kappa shape index (κ3) is 2.73. The number of fused-ring (bicyclic) bond motifs is 1. The van der Waals surface area contributed by atoms with Gasteiger partial charge in [0.05, 0.1) is 18.8 Å². The Bertz CT molecular complexity index is 879. The van der Waals surface area contributed by atoms with Crippen molar-refractivity contribution in [3.8, 4) is 5.75 Å². The van der Waals surface area contributed by atoms with Crippen LogP contribution in [-0.2, 0) is 6.54 Å². The van der Waals surface area contributed by atoms with Crippen LogP contribution in [0, 0.1) is 0 Å². The number of nitrogens with one attached hydrogen (secondary N) is 2. The zero-order chi connectivity index (χ0) is 16.5. The van der Waals surface area contributed by atoms with Crippen LogP contribution in [0.2, 0.25) is 0 Å². The van der Waals surface area contributed by atoms with Gasteiger partial charge in [0, 0.05) is 17.5 Å². The molecule has 2 N–H and O–H groups in total. The lowest BCUT2D eigenvalue weighted by Crippen LogP contribution is -2.23. The summed E-state index contributed by atoms with van der Waals surface area (Å²) in [6.07, 6.45) is 4.29. The lowest BCUT2D eigenvalue weighted by Gasteiger charge is -2.12. The number of ether oxygens (including phenoxy) is 1. The number of carbonyl (C=O) groups is 1. The summed E-state index contributed by atoms with van der Waals surface area (Å²) in [5, 5.41) is 11.3. The zero-order valence-electron chi connectivity index (χ0n) is 13.5. The summed E-state index contributed by atoms with van der Waals surface area (Å²) in [4.78, 5) is 12.4.